The molecule has 9 nitrogen and oxygen atoms in total. The van der Waals surface area contributed by atoms with E-state index < -0.39 is 0 Å². The Morgan fingerprint density at radius 2 is 0.267 bits per heavy atom. The summed E-state index contributed by atoms with van der Waals surface area (Å²) in [7, 11) is 0. The van der Waals surface area contributed by atoms with Crippen LogP contribution < -0.4 is 24.8 Å². The van der Waals surface area contributed by atoms with Crippen molar-refractivity contribution < 1.29 is 142 Å². The summed E-state index contributed by atoms with van der Waals surface area (Å²) in [5.41, 5.74) is 0. The largest absolute Gasteiger partial charge is 2.00 e. The summed E-state index contributed by atoms with van der Waals surface area (Å²) in [5.74, 6) is 0. The first-order valence-electron chi connectivity index (χ1n) is 0. The summed E-state index contributed by atoms with van der Waals surface area (Å²) < 4.78 is 0. The maximum atomic E-state index is 0. The molecule has 0 aliphatic carbocycles. The molecule has 15 heavy (non-hydrogen) atoms. The third-order valence-corrected chi connectivity index (χ3v) is 0. The van der Waals surface area contributed by atoms with Gasteiger partial charge in [0.25, 0.3) is 0 Å². The molecule has 0 atom stereocenters. The zero-order chi connectivity index (χ0) is 0. The molecule has 0 saturated carbocycles. The summed E-state index contributed by atoms with van der Waals surface area (Å²) in [4.78, 5) is 0. The van der Waals surface area contributed by atoms with Crippen LogP contribution in [0.3, 0.4) is 0 Å². The van der Waals surface area contributed by atoms with Gasteiger partial charge in [0.1, 0.15) is 0 Å². The van der Waals surface area contributed by atoms with Crippen LogP contribution in [-0.2, 0) is 68.3 Å². The second-order valence-corrected chi connectivity index (χ2v) is 0. The molecule has 0 aliphatic heterocycles. The van der Waals surface area contributed by atoms with E-state index in [4.69, 9.17) is 0 Å². The van der Waals surface area contributed by atoms with Crippen LogP contribution in [0.5, 0.6) is 0 Å². The standard InChI is InChI=1S/2ClH.4Cu.9H2O/h2*1H;;;;;9*1H2/q;;4*+2;;;;;;;;;/p-8. The fraction of sp³-hybridized carbons (Fsp3) is 0. The van der Waals surface area contributed by atoms with Gasteiger partial charge in [-0.3, -0.25) is 0 Å². The SMILES string of the molecule is O.O.O.[Cl-].[Cl-].[Cu+2].[Cu+2].[Cu+2].[Cu+2].[OH-].[OH-].[OH-].[OH-].[OH-].[OH-]. The molecule has 0 spiro atoms. The van der Waals surface area contributed by atoms with E-state index in [2.05, 4.69) is 0 Å². The van der Waals surface area contributed by atoms with Crippen molar-refractivity contribution >= 4 is 0 Å². The molecule has 4 radical (unpaired) electrons. The van der Waals surface area contributed by atoms with Gasteiger partial charge in [-0.25, -0.2) is 0 Å². The Bertz CT molecular complexity index is 20.1. The van der Waals surface area contributed by atoms with Crippen molar-refractivity contribution in [3.63, 3.8) is 0 Å². The zero-order valence-corrected chi connectivity index (χ0v) is 11.4. The molecule has 0 unspecified atom stereocenters. The molecular formula is H12Cl2Cu4O9. The van der Waals surface area contributed by atoms with Gasteiger partial charge in [0.2, 0.25) is 0 Å². The van der Waals surface area contributed by atoms with Crippen LogP contribution in [0.15, 0.2) is 0 Å². The van der Waals surface area contributed by atoms with Crippen molar-refractivity contribution in [1.82, 2.24) is 0 Å². The number of hydrogen-bond acceptors (Lipinski definition) is 6. The van der Waals surface area contributed by atoms with Crippen LogP contribution in [0.25, 0.3) is 0 Å². The second kappa shape index (κ2) is 722. The Hall–Kier alpha value is 2.30. The molecule has 0 amide bonds. The van der Waals surface area contributed by atoms with Crippen molar-refractivity contribution in [3.8, 4) is 0 Å². The summed E-state index contributed by atoms with van der Waals surface area (Å²) in [6.45, 7) is 0. The predicted octanol–water partition coefficient (Wildman–Crippen LogP) is -9.54. The van der Waals surface area contributed by atoms with Gasteiger partial charge in [-0.05, 0) is 0 Å². The number of halogens is 2. The van der Waals surface area contributed by atoms with Gasteiger partial charge in [0, 0.05) is 0 Å². The van der Waals surface area contributed by atoms with Crippen LogP contribution in [0.4, 0.5) is 0 Å². The van der Waals surface area contributed by atoms with Crippen molar-refractivity contribution in [2.24, 2.45) is 0 Å². The number of hydrogen-bond donors (Lipinski definition) is 0. The van der Waals surface area contributed by atoms with E-state index in [1.54, 1.807) is 0 Å². The smallest absolute Gasteiger partial charge is 1.00 e. The van der Waals surface area contributed by atoms with Gasteiger partial charge in [-0.1, -0.05) is 0 Å². The van der Waals surface area contributed by atoms with E-state index in [9.17, 15) is 0 Å². The third kappa shape index (κ3) is 631. The topological polar surface area (TPSA) is 274 Å². The van der Waals surface area contributed by atoms with Gasteiger partial charge in [-0.2, -0.15) is 0 Å². The van der Waals surface area contributed by atoms with Crippen LogP contribution in [0, 0.1) is 0 Å². The minimum Gasteiger partial charge on any atom is -1.00 e. The molecule has 12 N–H and O–H groups in total. The molecule has 15 heteroatoms. The van der Waals surface area contributed by atoms with Crippen molar-refractivity contribution in [2.75, 3.05) is 0 Å². The Morgan fingerprint density at radius 3 is 0.267 bits per heavy atom. The Balaban J connectivity index is 0. The average Bonchev–Trinajstić information content (AvgIpc) is 0. The normalized spacial score (nSPS) is 0. The fourth-order valence-corrected chi connectivity index (χ4v) is 0. The maximum Gasteiger partial charge on any atom is 2.00 e. The minimum atomic E-state index is 0. The Morgan fingerprint density at radius 1 is 0.267 bits per heavy atom. The first-order chi connectivity index (χ1) is 0. The van der Waals surface area contributed by atoms with Crippen molar-refractivity contribution in [1.29, 1.82) is 0 Å². The fourth-order valence-electron chi connectivity index (χ4n) is 0. The molecule has 0 bridgehead atoms. The van der Waals surface area contributed by atoms with E-state index in [1.165, 1.54) is 0 Å². The van der Waals surface area contributed by atoms with Crippen molar-refractivity contribution in [3.05, 3.63) is 0 Å². The zero-order valence-electron chi connectivity index (χ0n) is 6.15. The van der Waals surface area contributed by atoms with E-state index in [0.717, 1.165) is 0 Å². The molecule has 0 aromatic heterocycles. The van der Waals surface area contributed by atoms with Crippen LogP contribution in [0.1, 0.15) is 0 Å². The summed E-state index contributed by atoms with van der Waals surface area (Å²) in [6.07, 6.45) is 0. The van der Waals surface area contributed by atoms with Crippen LogP contribution >= 0.6 is 0 Å². The van der Waals surface area contributed by atoms with Gasteiger partial charge in [0.05, 0.1) is 0 Å². The second-order valence-electron chi connectivity index (χ2n) is 0. The molecular weight excluding hydrogens is 469 g/mol. The number of rotatable bonds is 0. The molecule has 124 valence electrons. The maximum absolute atomic E-state index is 0. The van der Waals surface area contributed by atoms with E-state index in [1.807, 2.05) is 0 Å². The van der Waals surface area contributed by atoms with Gasteiger partial charge < -0.3 is 74.1 Å². The molecule has 0 fully saturated rings. The average molecular weight is 481 g/mol. The molecule has 0 saturated heterocycles. The van der Waals surface area contributed by atoms with Crippen LogP contribution in [0.2, 0.25) is 0 Å². The third-order valence-electron chi connectivity index (χ3n) is 0. The summed E-state index contributed by atoms with van der Waals surface area (Å²) in [5, 5.41) is 0. The summed E-state index contributed by atoms with van der Waals surface area (Å²) >= 11 is 0. The first kappa shape index (κ1) is 870. The first-order valence-corrected chi connectivity index (χ1v) is 0. The molecule has 0 aromatic carbocycles. The minimum absolute atomic E-state index is 0. The Labute approximate surface area is 141 Å². The van der Waals surface area contributed by atoms with Gasteiger partial charge >= 0.3 is 68.3 Å². The van der Waals surface area contributed by atoms with Crippen LogP contribution in [-0.4, -0.2) is 49.3 Å². The van der Waals surface area contributed by atoms with E-state index in [-0.39, 0.29) is 142 Å². The molecule has 0 heterocycles. The quantitative estimate of drug-likeness (QED) is 0.303. The molecule has 0 rings (SSSR count). The monoisotopic (exact) mass is 478 g/mol. The van der Waals surface area contributed by atoms with Gasteiger partial charge in [0.15, 0.2) is 0 Å². The van der Waals surface area contributed by atoms with E-state index >= 15 is 0 Å². The molecule has 0 aromatic rings. The van der Waals surface area contributed by atoms with E-state index in [0.29, 0.717) is 0 Å². The van der Waals surface area contributed by atoms with Gasteiger partial charge in [-0.15, -0.1) is 0 Å². The van der Waals surface area contributed by atoms with Crippen molar-refractivity contribution in [2.45, 2.75) is 0 Å². The summed E-state index contributed by atoms with van der Waals surface area (Å²) in [6, 6.07) is 0. The predicted molar refractivity (Wildman–Crippen MR) is 22.5 cm³/mol. The Kier molecular flexibility index (Phi) is 41900. The molecule has 0 aliphatic rings.